The van der Waals surface area contributed by atoms with Crippen molar-refractivity contribution >= 4 is 0 Å². The second-order valence-electron chi connectivity index (χ2n) is 3.75. The number of aliphatic hydroxyl groups excluding tert-OH is 1. The van der Waals surface area contributed by atoms with Gasteiger partial charge in [0.05, 0.1) is 12.5 Å². The molecular formula is C11H12F4O. The first-order chi connectivity index (χ1) is 7.28. The first-order valence-corrected chi connectivity index (χ1v) is 4.78. The number of aryl methyl sites for hydroxylation is 1. The molecule has 1 N–H and O–H groups in total. The largest absolute Gasteiger partial charge is 0.392 e. The smallest absolute Gasteiger partial charge is 0.391 e. The molecule has 0 fully saturated rings. The monoisotopic (exact) mass is 236 g/mol. The third-order valence-corrected chi connectivity index (χ3v) is 2.23. The minimum absolute atomic E-state index is 0.119. The molecule has 0 aliphatic carbocycles. The molecule has 0 heterocycles. The maximum absolute atomic E-state index is 12.7. The van der Waals surface area contributed by atoms with Crippen LogP contribution in [0.5, 0.6) is 0 Å². The van der Waals surface area contributed by atoms with Gasteiger partial charge in [0.1, 0.15) is 5.82 Å². The number of alkyl halides is 3. The molecule has 0 saturated carbocycles. The van der Waals surface area contributed by atoms with Crippen LogP contribution in [0.4, 0.5) is 17.6 Å². The second-order valence-corrected chi connectivity index (χ2v) is 3.75. The molecule has 16 heavy (non-hydrogen) atoms. The molecule has 0 amide bonds. The second kappa shape index (κ2) is 4.82. The van der Waals surface area contributed by atoms with E-state index in [0.29, 0.717) is 11.1 Å². The third-order valence-electron chi connectivity index (χ3n) is 2.23. The van der Waals surface area contributed by atoms with E-state index in [0.717, 1.165) is 0 Å². The van der Waals surface area contributed by atoms with Gasteiger partial charge in [-0.05, 0) is 36.6 Å². The summed E-state index contributed by atoms with van der Waals surface area (Å²) in [7, 11) is 0. The lowest BCUT2D eigenvalue weighted by Crippen LogP contribution is -2.21. The number of benzene rings is 1. The Morgan fingerprint density at radius 2 is 1.94 bits per heavy atom. The molecule has 0 aliphatic rings. The number of halogens is 4. The van der Waals surface area contributed by atoms with Crippen molar-refractivity contribution in [2.75, 3.05) is 0 Å². The van der Waals surface area contributed by atoms with Crippen LogP contribution in [0.15, 0.2) is 18.2 Å². The van der Waals surface area contributed by atoms with Crippen LogP contribution in [-0.4, -0.2) is 17.4 Å². The molecule has 0 saturated heterocycles. The highest BCUT2D eigenvalue weighted by atomic mass is 19.4. The average Bonchev–Trinajstić information content (AvgIpc) is 2.06. The van der Waals surface area contributed by atoms with Crippen molar-refractivity contribution in [1.82, 2.24) is 0 Å². The minimum Gasteiger partial charge on any atom is -0.392 e. The van der Waals surface area contributed by atoms with Gasteiger partial charge in [-0.2, -0.15) is 13.2 Å². The predicted molar refractivity (Wildman–Crippen MR) is 51.5 cm³/mol. The molecule has 0 radical (unpaired) electrons. The highest BCUT2D eigenvalue weighted by Gasteiger charge is 2.31. The SMILES string of the molecule is Cc1cc(F)ccc1CC(O)CC(F)(F)F. The summed E-state index contributed by atoms with van der Waals surface area (Å²) >= 11 is 0. The number of aliphatic hydroxyl groups is 1. The Hall–Kier alpha value is -1.10. The van der Waals surface area contributed by atoms with Gasteiger partial charge in [0.25, 0.3) is 0 Å². The Labute approximate surface area is 90.7 Å². The van der Waals surface area contributed by atoms with E-state index in [-0.39, 0.29) is 6.42 Å². The van der Waals surface area contributed by atoms with Crippen LogP contribution in [0.3, 0.4) is 0 Å². The Kier molecular flexibility index (Phi) is 3.91. The molecule has 0 bridgehead atoms. The van der Waals surface area contributed by atoms with Crippen LogP contribution in [-0.2, 0) is 6.42 Å². The quantitative estimate of drug-likeness (QED) is 0.800. The van der Waals surface area contributed by atoms with Gasteiger partial charge >= 0.3 is 6.18 Å². The lowest BCUT2D eigenvalue weighted by molar-refractivity contribution is -0.153. The molecule has 1 aromatic rings. The zero-order chi connectivity index (χ0) is 12.3. The molecule has 90 valence electrons. The topological polar surface area (TPSA) is 20.2 Å². The van der Waals surface area contributed by atoms with E-state index in [2.05, 4.69) is 0 Å². The maximum atomic E-state index is 12.7. The standard InChI is InChI=1S/C11H12F4O/c1-7-4-9(12)3-2-8(7)5-10(16)6-11(13,14)15/h2-4,10,16H,5-6H2,1H3. The lowest BCUT2D eigenvalue weighted by atomic mass is 10.0. The summed E-state index contributed by atoms with van der Waals surface area (Å²) in [5.41, 5.74) is 1.07. The van der Waals surface area contributed by atoms with Gasteiger partial charge in [-0.1, -0.05) is 6.07 Å². The molecule has 1 aromatic carbocycles. The summed E-state index contributed by atoms with van der Waals surface area (Å²) in [6.07, 6.45) is -7.23. The first-order valence-electron chi connectivity index (χ1n) is 4.78. The molecule has 0 aromatic heterocycles. The van der Waals surface area contributed by atoms with E-state index in [4.69, 9.17) is 0 Å². The molecular weight excluding hydrogens is 224 g/mol. The average molecular weight is 236 g/mol. The van der Waals surface area contributed by atoms with E-state index in [1.54, 1.807) is 6.92 Å². The van der Waals surface area contributed by atoms with Crippen LogP contribution in [0.1, 0.15) is 17.5 Å². The summed E-state index contributed by atoms with van der Waals surface area (Å²) in [6.45, 7) is 1.60. The minimum atomic E-state index is -4.38. The zero-order valence-corrected chi connectivity index (χ0v) is 8.68. The van der Waals surface area contributed by atoms with E-state index in [9.17, 15) is 22.7 Å². The fourth-order valence-electron chi connectivity index (χ4n) is 1.48. The van der Waals surface area contributed by atoms with Crippen molar-refractivity contribution in [3.05, 3.63) is 35.1 Å². The van der Waals surface area contributed by atoms with Gasteiger partial charge < -0.3 is 5.11 Å². The number of rotatable bonds is 3. The highest BCUT2D eigenvalue weighted by Crippen LogP contribution is 2.23. The van der Waals surface area contributed by atoms with Gasteiger partial charge in [0.2, 0.25) is 0 Å². The maximum Gasteiger partial charge on any atom is 0.391 e. The van der Waals surface area contributed by atoms with Crippen LogP contribution < -0.4 is 0 Å². The van der Waals surface area contributed by atoms with Gasteiger partial charge in [-0.3, -0.25) is 0 Å². The highest BCUT2D eigenvalue weighted by molar-refractivity contribution is 5.27. The van der Waals surface area contributed by atoms with E-state index in [1.165, 1.54) is 18.2 Å². The lowest BCUT2D eigenvalue weighted by Gasteiger charge is -2.14. The molecule has 1 nitrogen and oxygen atoms in total. The van der Waals surface area contributed by atoms with Crippen LogP contribution in [0, 0.1) is 12.7 Å². The zero-order valence-electron chi connectivity index (χ0n) is 8.68. The number of hydrogen-bond acceptors (Lipinski definition) is 1. The van der Waals surface area contributed by atoms with Crippen LogP contribution >= 0.6 is 0 Å². The summed E-state index contributed by atoms with van der Waals surface area (Å²) in [4.78, 5) is 0. The van der Waals surface area contributed by atoms with Gasteiger partial charge in [0.15, 0.2) is 0 Å². The summed E-state index contributed by atoms with van der Waals surface area (Å²) in [5, 5.41) is 9.22. The molecule has 5 heteroatoms. The van der Waals surface area contributed by atoms with Crippen LogP contribution in [0.2, 0.25) is 0 Å². The van der Waals surface area contributed by atoms with E-state index >= 15 is 0 Å². The molecule has 1 unspecified atom stereocenters. The van der Waals surface area contributed by atoms with Crippen molar-refractivity contribution in [2.24, 2.45) is 0 Å². The fraction of sp³-hybridized carbons (Fsp3) is 0.455. The fourth-order valence-corrected chi connectivity index (χ4v) is 1.48. The Balaban J connectivity index is 2.66. The Morgan fingerprint density at radius 1 is 1.31 bits per heavy atom. The van der Waals surface area contributed by atoms with Gasteiger partial charge in [-0.15, -0.1) is 0 Å². The van der Waals surface area contributed by atoms with Gasteiger partial charge in [0, 0.05) is 0 Å². The predicted octanol–water partition coefficient (Wildman–Crippen LogP) is 2.99. The molecule has 0 spiro atoms. The Bertz CT molecular complexity index is 359. The van der Waals surface area contributed by atoms with Crippen LogP contribution in [0.25, 0.3) is 0 Å². The normalized spacial score (nSPS) is 13.9. The third kappa shape index (κ3) is 4.18. The van der Waals surface area contributed by atoms with E-state index in [1.807, 2.05) is 0 Å². The first kappa shape index (κ1) is 13.0. The summed E-state index contributed by atoms with van der Waals surface area (Å²) in [5.74, 6) is -0.438. The molecule has 1 rings (SSSR count). The van der Waals surface area contributed by atoms with Crippen molar-refractivity contribution in [1.29, 1.82) is 0 Å². The van der Waals surface area contributed by atoms with E-state index < -0.39 is 24.5 Å². The summed E-state index contributed by atoms with van der Waals surface area (Å²) < 4.78 is 48.6. The molecule has 0 aliphatic heterocycles. The van der Waals surface area contributed by atoms with Crippen molar-refractivity contribution in [3.63, 3.8) is 0 Å². The number of hydrogen-bond donors (Lipinski definition) is 1. The van der Waals surface area contributed by atoms with Crippen molar-refractivity contribution < 1.29 is 22.7 Å². The van der Waals surface area contributed by atoms with Crippen molar-refractivity contribution in [2.45, 2.75) is 32.0 Å². The summed E-state index contributed by atoms with van der Waals surface area (Å²) in [6, 6.07) is 3.79. The molecule has 1 atom stereocenters. The van der Waals surface area contributed by atoms with Crippen molar-refractivity contribution in [3.8, 4) is 0 Å². The van der Waals surface area contributed by atoms with Gasteiger partial charge in [-0.25, -0.2) is 4.39 Å². The Morgan fingerprint density at radius 3 is 2.44 bits per heavy atom.